The average Bonchev–Trinajstić information content (AvgIpc) is 3.27. The molecule has 0 fully saturated rings. The van der Waals surface area contributed by atoms with Crippen LogP contribution < -0.4 is 10.1 Å². The van der Waals surface area contributed by atoms with Crippen LogP contribution in [0.3, 0.4) is 0 Å². The Morgan fingerprint density at radius 1 is 1.27 bits per heavy atom. The van der Waals surface area contributed by atoms with Gasteiger partial charge in [-0.05, 0) is 31.2 Å². The molecule has 1 amide bonds. The van der Waals surface area contributed by atoms with Crippen molar-refractivity contribution < 1.29 is 19.1 Å². The summed E-state index contributed by atoms with van der Waals surface area (Å²) in [6.45, 7) is 1.85. The number of anilines is 1. The maximum Gasteiger partial charge on any atom is 0.340 e. The number of thioether (sulfide) groups is 1. The SMILES string of the molecule is COC(=O)c1cc(C)sc1NC(=O)CSc1nnc(-c2cc(Cl)ccc2OC)n1C. The van der Waals surface area contributed by atoms with E-state index in [1.165, 1.54) is 30.2 Å². The van der Waals surface area contributed by atoms with E-state index in [1.54, 1.807) is 43.0 Å². The van der Waals surface area contributed by atoms with Crippen LogP contribution in [0.25, 0.3) is 11.4 Å². The first kappa shape index (κ1) is 22.1. The van der Waals surface area contributed by atoms with E-state index in [9.17, 15) is 9.59 Å². The second-order valence-electron chi connectivity index (χ2n) is 6.14. The molecule has 0 bridgehead atoms. The van der Waals surface area contributed by atoms with Gasteiger partial charge in [-0.2, -0.15) is 0 Å². The molecule has 0 unspecified atom stereocenters. The minimum Gasteiger partial charge on any atom is -0.496 e. The lowest BCUT2D eigenvalue weighted by Gasteiger charge is -2.09. The van der Waals surface area contributed by atoms with Gasteiger partial charge in [0.05, 0.1) is 31.1 Å². The van der Waals surface area contributed by atoms with E-state index in [0.29, 0.717) is 37.9 Å². The minimum absolute atomic E-state index is 0.0935. The second-order valence-corrected chi connectivity index (χ2v) is 8.77. The zero-order valence-corrected chi connectivity index (χ0v) is 19.1. The number of aryl methyl sites for hydroxylation is 1. The fraction of sp³-hybridized carbons (Fsp3) is 0.263. The molecule has 0 aliphatic heterocycles. The molecule has 1 N–H and O–H groups in total. The standard InChI is InChI=1S/C19H19ClN4O4S2/c1-10-7-13(18(26)28-4)17(30-10)21-15(25)9-29-19-23-22-16(24(19)2)12-8-11(20)5-6-14(12)27-3/h5-8H,9H2,1-4H3,(H,21,25). The summed E-state index contributed by atoms with van der Waals surface area (Å²) in [5.74, 6) is 0.523. The molecule has 0 radical (unpaired) electrons. The molecule has 8 nitrogen and oxygen atoms in total. The molecule has 11 heteroatoms. The summed E-state index contributed by atoms with van der Waals surface area (Å²) >= 11 is 8.65. The van der Waals surface area contributed by atoms with Crippen molar-refractivity contribution in [3.8, 4) is 17.1 Å². The van der Waals surface area contributed by atoms with Crippen LogP contribution in [0.1, 0.15) is 15.2 Å². The van der Waals surface area contributed by atoms with Crippen molar-refractivity contribution in [2.75, 3.05) is 25.3 Å². The highest BCUT2D eigenvalue weighted by atomic mass is 35.5. The number of ether oxygens (including phenoxy) is 2. The number of methoxy groups -OCH3 is 2. The number of nitrogens with zero attached hydrogens (tertiary/aromatic N) is 3. The smallest absolute Gasteiger partial charge is 0.340 e. The third kappa shape index (κ3) is 4.77. The number of carbonyl (C=O) groups excluding carboxylic acids is 2. The van der Waals surface area contributed by atoms with Crippen LogP contribution in [0.15, 0.2) is 29.4 Å². The zero-order valence-electron chi connectivity index (χ0n) is 16.7. The predicted molar refractivity (Wildman–Crippen MR) is 118 cm³/mol. The van der Waals surface area contributed by atoms with Crippen molar-refractivity contribution in [3.05, 3.63) is 39.7 Å². The molecule has 0 aliphatic carbocycles. The number of nitrogens with one attached hydrogen (secondary N) is 1. The van der Waals surface area contributed by atoms with Crippen molar-refractivity contribution in [2.45, 2.75) is 12.1 Å². The van der Waals surface area contributed by atoms with Gasteiger partial charge in [-0.25, -0.2) is 4.79 Å². The van der Waals surface area contributed by atoms with Gasteiger partial charge in [-0.3, -0.25) is 4.79 Å². The van der Waals surface area contributed by atoms with E-state index in [2.05, 4.69) is 15.5 Å². The van der Waals surface area contributed by atoms with Gasteiger partial charge in [0.2, 0.25) is 5.91 Å². The predicted octanol–water partition coefficient (Wildman–Crippen LogP) is 4.03. The summed E-state index contributed by atoms with van der Waals surface area (Å²) in [4.78, 5) is 25.2. The molecule has 2 heterocycles. The summed E-state index contributed by atoms with van der Waals surface area (Å²) in [5, 5.41) is 12.7. The number of aromatic nitrogens is 3. The average molecular weight is 467 g/mol. The lowest BCUT2D eigenvalue weighted by atomic mass is 10.2. The van der Waals surface area contributed by atoms with Gasteiger partial charge in [-0.1, -0.05) is 23.4 Å². The quantitative estimate of drug-likeness (QED) is 0.414. The first-order chi connectivity index (χ1) is 14.3. The molecular weight excluding hydrogens is 448 g/mol. The number of amides is 1. The number of carbonyl (C=O) groups is 2. The molecule has 0 aliphatic rings. The Hall–Kier alpha value is -2.56. The van der Waals surface area contributed by atoms with Crippen molar-refractivity contribution in [3.63, 3.8) is 0 Å². The second kappa shape index (κ2) is 9.50. The van der Waals surface area contributed by atoms with E-state index in [1.807, 2.05) is 6.92 Å². The van der Waals surface area contributed by atoms with Crippen LogP contribution in [-0.4, -0.2) is 46.6 Å². The summed E-state index contributed by atoms with van der Waals surface area (Å²) in [5.41, 5.74) is 1.04. The number of esters is 1. The molecule has 0 saturated carbocycles. The summed E-state index contributed by atoms with van der Waals surface area (Å²) in [7, 11) is 4.67. The molecule has 2 aromatic heterocycles. The van der Waals surface area contributed by atoms with Gasteiger partial charge in [0.15, 0.2) is 11.0 Å². The minimum atomic E-state index is -0.490. The largest absolute Gasteiger partial charge is 0.496 e. The van der Waals surface area contributed by atoms with Gasteiger partial charge in [0.1, 0.15) is 10.8 Å². The van der Waals surface area contributed by atoms with Crippen LogP contribution in [0.4, 0.5) is 5.00 Å². The Kier molecular flexibility index (Phi) is 7.01. The normalized spacial score (nSPS) is 10.7. The molecule has 158 valence electrons. The number of halogens is 1. The highest BCUT2D eigenvalue weighted by Crippen LogP contribution is 2.33. The van der Waals surface area contributed by atoms with E-state index in [0.717, 1.165) is 4.88 Å². The van der Waals surface area contributed by atoms with Gasteiger partial charge in [0.25, 0.3) is 0 Å². The summed E-state index contributed by atoms with van der Waals surface area (Å²) in [6.07, 6.45) is 0. The van der Waals surface area contributed by atoms with Gasteiger partial charge in [0, 0.05) is 16.9 Å². The van der Waals surface area contributed by atoms with Gasteiger partial charge < -0.3 is 19.4 Å². The molecule has 0 atom stereocenters. The van der Waals surface area contributed by atoms with Crippen molar-refractivity contribution in [1.29, 1.82) is 0 Å². The Morgan fingerprint density at radius 3 is 2.73 bits per heavy atom. The molecule has 3 rings (SSSR count). The monoisotopic (exact) mass is 466 g/mol. The van der Waals surface area contributed by atoms with Crippen LogP contribution in [0.2, 0.25) is 5.02 Å². The molecule has 0 saturated heterocycles. The van der Waals surface area contributed by atoms with Crippen LogP contribution in [0.5, 0.6) is 5.75 Å². The summed E-state index contributed by atoms with van der Waals surface area (Å²) in [6, 6.07) is 6.93. The third-order valence-electron chi connectivity index (χ3n) is 4.08. The Morgan fingerprint density at radius 2 is 2.03 bits per heavy atom. The fourth-order valence-electron chi connectivity index (χ4n) is 2.69. The Bertz CT molecular complexity index is 1100. The van der Waals surface area contributed by atoms with Crippen LogP contribution >= 0.6 is 34.7 Å². The van der Waals surface area contributed by atoms with Gasteiger partial charge >= 0.3 is 5.97 Å². The summed E-state index contributed by atoms with van der Waals surface area (Å²) < 4.78 is 11.9. The van der Waals surface area contributed by atoms with E-state index < -0.39 is 5.97 Å². The maximum absolute atomic E-state index is 12.4. The Labute approximate surface area is 186 Å². The zero-order chi connectivity index (χ0) is 21.8. The molecular formula is C19H19ClN4O4S2. The van der Waals surface area contributed by atoms with Crippen molar-refractivity contribution in [1.82, 2.24) is 14.8 Å². The lowest BCUT2D eigenvalue weighted by molar-refractivity contribution is -0.113. The van der Waals surface area contributed by atoms with Crippen LogP contribution in [-0.2, 0) is 16.6 Å². The van der Waals surface area contributed by atoms with Crippen LogP contribution in [0, 0.1) is 6.92 Å². The van der Waals surface area contributed by atoms with Crippen molar-refractivity contribution in [2.24, 2.45) is 7.05 Å². The first-order valence-electron chi connectivity index (χ1n) is 8.68. The highest BCUT2D eigenvalue weighted by molar-refractivity contribution is 7.99. The lowest BCUT2D eigenvalue weighted by Crippen LogP contribution is -2.16. The first-order valence-corrected chi connectivity index (χ1v) is 10.9. The number of hydrogen-bond donors (Lipinski definition) is 1. The highest BCUT2D eigenvalue weighted by Gasteiger charge is 2.19. The van der Waals surface area contributed by atoms with E-state index in [-0.39, 0.29) is 11.7 Å². The molecule has 1 aromatic carbocycles. The van der Waals surface area contributed by atoms with Crippen molar-refractivity contribution >= 4 is 51.6 Å². The van der Waals surface area contributed by atoms with E-state index in [4.69, 9.17) is 21.1 Å². The number of rotatable bonds is 7. The maximum atomic E-state index is 12.4. The molecule has 30 heavy (non-hydrogen) atoms. The van der Waals surface area contributed by atoms with E-state index >= 15 is 0 Å². The van der Waals surface area contributed by atoms with Gasteiger partial charge in [-0.15, -0.1) is 21.5 Å². The molecule has 0 spiro atoms. The number of benzene rings is 1. The third-order valence-corrected chi connectivity index (χ3v) is 6.30. The number of hydrogen-bond acceptors (Lipinski definition) is 8. The molecule has 3 aromatic rings. The topological polar surface area (TPSA) is 95.3 Å². The number of thiophene rings is 1. The fourth-order valence-corrected chi connectivity index (χ4v) is 4.49. The Balaban J connectivity index is 1.72.